The van der Waals surface area contributed by atoms with E-state index >= 15 is 0 Å². The normalized spacial score (nSPS) is 12.4. The van der Waals surface area contributed by atoms with Gasteiger partial charge in [0.05, 0.1) is 6.61 Å². The van der Waals surface area contributed by atoms with Crippen LogP contribution in [-0.2, 0) is 22.4 Å². The fraction of sp³-hybridized carbons (Fsp3) is 0.222. The van der Waals surface area contributed by atoms with E-state index in [0.717, 1.165) is 47.1 Å². The molecule has 0 spiro atoms. The molecule has 1 amide bonds. The number of thiophene rings is 1. The van der Waals surface area contributed by atoms with Crippen LogP contribution in [0.2, 0.25) is 0 Å². The molecule has 1 aliphatic rings. The number of esters is 1. The zero-order chi connectivity index (χ0) is 25.2. The van der Waals surface area contributed by atoms with Crippen LogP contribution in [0.3, 0.4) is 0 Å². The van der Waals surface area contributed by atoms with Gasteiger partial charge < -0.3 is 19.2 Å². The van der Waals surface area contributed by atoms with Crippen molar-refractivity contribution in [3.8, 4) is 16.9 Å². The van der Waals surface area contributed by atoms with E-state index in [1.165, 1.54) is 12.1 Å². The lowest BCUT2D eigenvalue weighted by molar-refractivity contribution is -0.118. The minimum Gasteiger partial charge on any atom is -0.484 e. The maximum Gasteiger partial charge on any atom is 0.341 e. The Morgan fingerprint density at radius 3 is 2.67 bits per heavy atom. The van der Waals surface area contributed by atoms with Gasteiger partial charge in [-0.05, 0) is 61.6 Å². The molecular formula is C27H22FNO6S. The molecule has 0 saturated carbocycles. The van der Waals surface area contributed by atoms with Gasteiger partial charge in [0.2, 0.25) is 0 Å². The molecule has 1 aliphatic carbocycles. The summed E-state index contributed by atoms with van der Waals surface area (Å²) < 4.78 is 29.6. The van der Waals surface area contributed by atoms with Crippen LogP contribution in [0.4, 0.5) is 9.39 Å². The molecule has 4 aromatic rings. The number of carbonyl (C=O) groups is 2. The van der Waals surface area contributed by atoms with Crippen molar-refractivity contribution in [1.82, 2.24) is 0 Å². The van der Waals surface area contributed by atoms with Crippen molar-refractivity contribution in [3.63, 3.8) is 0 Å². The maximum atomic E-state index is 13.4. The summed E-state index contributed by atoms with van der Waals surface area (Å²) in [7, 11) is 0. The first kappa shape index (κ1) is 23.7. The van der Waals surface area contributed by atoms with Gasteiger partial charge in [-0.25, -0.2) is 14.0 Å². The van der Waals surface area contributed by atoms with Gasteiger partial charge in [-0.2, -0.15) is 0 Å². The van der Waals surface area contributed by atoms with E-state index in [9.17, 15) is 18.8 Å². The molecule has 1 N–H and O–H groups in total. The SMILES string of the molecule is CCOC(=O)c1c(-c2ccc(F)cc2)csc1NC(=O)COc1ccc2c3c(c(=O)oc2c1)CCC3. The van der Waals surface area contributed by atoms with E-state index in [4.69, 9.17) is 13.9 Å². The average molecular weight is 508 g/mol. The van der Waals surface area contributed by atoms with Crippen LogP contribution in [0.5, 0.6) is 5.75 Å². The predicted octanol–water partition coefficient (Wildman–Crippen LogP) is 5.34. The Bertz CT molecular complexity index is 1520. The first-order valence-electron chi connectivity index (χ1n) is 11.5. The van der Waals surface area contributed by atoms with Gasteiger partial charge in [-0.3, -0.25) is 4.79 Å². The Hall–Kier alpha value is -3.98. The molecule has 7 nitrogen and oxygen atoms in total. The molecule has 184 valence electrons. The molecule has 2 aromatic carbocycles. The van der Waals surface area contributed by atoms with Crippen LogP contribution >= 0.6 is 11.3 Å². The smallest absolute Gasteiger partial charge is 0.341 e. The summed E-state index contributed by atoms with van der Waals surface area (Å²) in [5.74, 6) is -1.09. The van der Waals surface area contributed by atoms with Crippen molar-refractivity contribution < 1.29 is 27.9 Å². The number of aryl methyl sites for hydroxylation is 1. The fourth-order valence-electron chi connectivity index (χ4n) is 4.36. The van der Waals surface area contributed by atoms with Gasteiger partial charge in [-0.15, -0.1) is 11.3 Å². The number of anilines is 1. The maximum absolute atomic E-state index is 13.4. The summed E-state index contributed by atoms with van der Waals surface area (Å²) in [6.45, 7) is 1.52. The molecule has 0 unspecified atom stereocenters. The standard InChI is InChI=1S/C27H22FNO6S/c1-2-33-27(32)24-21(15-6-8-16(28)9-7-15)14-36-25(24)29-23(30)13-34-17-10-11-19-18-4-3-5-20(18)26(31)35-22(19)12-17/h6-12,14H,2-5,13H2,1H3,(H,29,30). The molecule has 0 radical (unpaired) electrons. The number of carbonyl (C=O) groups excluding carboxylic acids is 2. The van der Waals surface area contributed by atoms with Crippen molar-refractivity contribution in [1.29, 1.82) is 0 Å². The Morgan fingerprint density at radius 2 is 1.89 bits per heavy atom. The van der Waals surface area contributed by atoms with E-state index in [1.54, 1.807) is 36.6 Å². The van der Waals surface area contributed by atoms with Gasteiger partial charge in [0.1, 0.15) is 27.7 Å². The second-order valence-electron chi connectivity index (χ2n) is 8.28. The lowest BCUT2D eigenvalue weighted by atomic mass is 10.0. The molecule has 2 aromatic heterocycles. The topological polar surface area (TPSA) is 94.8 Å². The van der Waals surface area contributed by atoms with Crippen molar-refractivity contribution in [3.05, 3.63) is 80.8 Å². The molecule has 9 heteroatoms. The number of benzene rings is 2. The Labute approximate surface area is 209 Å². The van der Waals surface area contributed by atoms with Gasteiger partial charge in [-0.1, -0.05) is 12.1 Å². The number of hydrogen-bond acceptors (Lipinski definition) is 7. The largest absolute Gasteiger partial charge is 0.484 e. The second kappa shape index (κ2) is 9.94. The van der Waals surface area contributed by atoms with Gasteiger partial charge in [0.15, 0.2) is 6.61 Å². The van der Waals surface area contributed by atoms with Crippen LogP contribution in [0.1, 0.15) is 34.8 Å². The van der Waals surface area contributed by atoms with Crippen molar-refractivity contribution >= 4 is 39.2 Å². The Kier molecular flexibility index (Phi) is 6.56. The third-order valence-electron chi connectivity index (χ3n) is 5.99. The van der Waals surface area contributed by atoms with E-state index in [-0.39, 0.29) is 24.4 Å². The fourth-order valence-corrected chi connectivity index (χ4v) is 5.34. The van der Waals surface area contributed by atoms with Crippen molar-refractivity contribution in [2.24, 2.45) is 0 Å². The van der Waals surface area contributed by atoms with Gasteiger partial charge in [0, 0.05) is 28.0 Å². The lowest BCUT2D eigenvalue weighted by Crippen LogP contribution is -2.21. The van der Waals surface area contributed by atoms with Gasteiger partial charge in [0.25, 0.3) is 5.91 Å². The molecule has 0 fully saturated rings. The number of hydrogen-bond donors (Lipinski definition) is 1. The highest BCUT2D eigenvalue weighted by molar-refractivity contribution is 7.15. The van der Waals surface area contributed by atoms with E-state index in [0.29, 0.717) is 27.5 Å². The highest BCUT2D eigenvalue weighted by atomic mass is 32.1. The minimum atomic E-state index is -0.591. The molecule has 0 saturated heterocycles. The first-order valence-corrected chi connectivity index (χ1v) is 12.4. The highest BCUT2D eigenvalue weighted by Crippen LogP contribution is 2.36. The Morgan fingerprint density at radius 1 is 1.11 bits per heavy atom. The van der Waals surface area contributed by atoms with Crippen molar-refractivity contribution in [2.45, 2.75) is 26.2 Å². The second-order valence-corrected chi connectivity index (χ2v) is 9.16. The summed E-state index contributed by atoms with van der Waals surface area (Å²) >= 11 is 1.16. The number of amides is 1. The number of fused-ring (bicyclic) bond motifs is 3. The molecule has 5 rings (SSSR count). The number of ether oxygens (including phenoxy) is 2. The lowest BCUT2D eigenvalue weighted by Gasteiger charge is -2.10. The first-order chi connectivity index (χ1) is 17.4. The predicted molar refractivity (Wildman–Crippen MR) is 134 cm³/mol. The minimum absolute atomic E-state index is 0.162. The molecular weight excluding hydrogens is 485 g/mol. The molecule has 0 aliphatic heterocycles. The summed E-state index contributed by atoms with van der Waals surface area (Å²) in [6, 6.07) is 10.9. The monoisotopic (exact) mass is 507 g/mol. The highest BCUT2D eigenvalue weighted by Gasteiger charge is 2.23. The number of nitrogens with one attached hydrogen (secondary N) is 1. The zero-order valence-corrected chi connectivity index (χ0v) is 20.2. The Balaban J connectivity index is 1.33. The quantitative estimate of drug-likeness (QED) is 0.268. The summed E-state index contributed by atoms with van der Waals surface area (Å²) in [5, 5.41) is 5.60. The third-order valence-corrected chi connectivity index (χ3v) is 6.89. The van der Waals surface area contributed by atoms with E-state index in [2.05, 4.69) is 5.32 Å². The third kappa shape index (κ3) is 4.61. The number of halogens is 1. The van der Waals surface area contributed by atoms with E-state index < -0.39 is 17.7 Å². The molecule has 2 heterocycles. The summed E-state index contributed by atoms with van der Waals surface area (Å²) in [5.41, 5.74) is 3.21. The van der Waals surface area contributed by atoms with Crippen LogP contribution in [0.25, 0.3) is 22.1 Å². The molecule has 0 atom stereocenters. The van der Waals surface area contributed by atoms with Crippen LogP contribution < -0.4 is 15.7 Å². The summed E-state index contributed by atoms with van der Waals surface area (Å²) in [4.78, 5) is 37.6. The van der Waals surface area contributed by atoms with Crippen molar-refractivity contribution in [2.75, 3.05) is 18.5 Å². The summed E-state index contributed by atoms with van der Waals surface area (Å²) in [6.07, 6.45) is 2.49. The molecule has 36 heavy (non-hydrogen) atoms. The molecule has 0 bridgehead atoms. The van der Waals surface area contributed by atoms with Gasteiger partial charge >= 0.3 is 11.6 Å². The average Bonchev–Trinajstić information content (AvgIpc) is 3.52. The zero-order valence-electron chi connectivity index (χ0n) is 19.4. The van der Waals surface area contributed by atoms with Crippen LogP contribution in [-0.4, -0.2) is 25.1 Å². The van der Waals surface area contributed by atoms with E-state index in [1.807, 2.05) is 6.07 Å². The van der Waals surface area contributed by atoms with Crippen LogP contribution in [0.15, 0.2) is 57.1 Å². The number of rotatable bonds is 7. The van der Waals surface area contributed by atoms with Crippen LogP contribution in [0, 0.1) is 5.82 Å².